The minimum Gasteiger partial charge on any atom is -0.459 e. The van der Waals surface area contributed by atoms with Gasteiger partial charge >= 0.3 is 0 Å². The highest BCUT2D eigenvalue weighted by molar-refractivity contribution is 7.91. The topological polar surface area (TPSA) is 119 Å². The van der Waals surface area contributed by atoms with Crippen LogP contribution in [-0.4, -0.2) is 82.5 Å². The molecule has 4 aromatic rings. The zero-order chi connectivity index (χ0) is 27.3. The van der Waals surface area contributed by atoms with Gasteiger partial charge in [0.1, 0.15) is 0 Å². The number of aryl methyl sites for hydroxylation is 2. The van der Waals surface area contributed by atoms with Crippen molar-refractivity contribution in [3.63, 3.8) is 0 Å². The molecule has 0 radical (unpaired) electrons. The van der Waals surface area contributed by atoms with E-state index in [0.717, 1.165) is 11.1 Å². The van der Waals surface area contributed by atoms with E-state index in [1.54, 1.807) is 32.7 Å². The van der Waals surface area contributed by atoms with E-state index in [2.05, 4.69) is 0 Å². The third-order valence-electron chi connectivity index (χ3n) is 7.55. The summed E-state index contributed by atoms with van der Waals surface area (Å²) >= 11 is 0. The van der Waals surface area contributed by atoms with E-state index >= 15 is 0 Å². The molecule has 0 spiro atoms. The van der Waals surface area contributed by atoms with Crippen molar-refractivity contribution in [2.45, 2.75) is 26.3 Å². The van der Waals surface area contributed by atoms with Gasteiger partial charge in [-0.05, 0) is 38.5 Å². The first kappa shape index (κ1) is 25.3. The number of carbonyl (C=O) groups is 2. The average Bonchev–Trinajstić information content (AvgIpc) is 3.67. The lowest BCUT2D eigenvalue weighted by molar-refractivity contribution is 0.0519. The highest BCUT2D eigenvalue weighted by Gasteiger charge is 2.34. The van der Waals surface area contributed by atoms with E-state index < -0.39 is 9.84 Å². The van der Waals surface area contributed by atoms with Crippen LogP contribution in [0.3, 0.4) is 0 Å². The summed E-state index contributed by atoms with van der Waals surface area (Å²) in [6.45, 7) is 5.37. The van der Waals surface area contributed by atoms with Crippen LogP contribution in [0.1, 0.15) is 44.6 Å². The summed E-state index contributed by atoms with van der Waals surface area (Å²) in [7, 11) is -3.14. The van der Waals surface area contributed by atoms with Gasteiger partial charge in [-0.3, -0.25) is 9.59 Å². The Kier molecular flexibility index (Phi) is 6.25. The molecule has 1 unspecified atom stereocenters. The molecule has 1 atom stereocenters. The fourth-order valence-electron chi connectivity index (χ4n) is 5.42. The zero-order valence-corrected chi connectivity index (χ0v) is 22.6. The molecule has 2 aliphatic rings. The summed E-state index contributed by atoms with van der Waals surface area (Å²) in [6.07, 6.45) is 1.93. The Hall–Kier alpha value is -3.99. The Labute approximate surface area is 226 Å². The van der Waals surface area contributed by atoms with Gasteiger partial charge in [-0.2, -0.15) is 5.10 Å². The van der Waals surface area contributed by atoms with Crippen molar-refractivity contribution in [3.05, 3.63) is 71.3 Å². The molecule has 2 fully saturated rings. The summed E-state index contributed by atoms with van der Waals surface area (Å²) in [5, 5.41) is 5.33. The summed E-state index contributed by atoms with van der Waals surface area (Å²) in [5.74, 6) is 0.0495. The Morgan fingerprint density at radius 1 is 0.974 bits per heavy atom. The highest BCUT2D eigenvalue weighted by atomic mass is 32.2. The van der Waals surface area contributed by atoms with Crippen molar-refractivity contribution in [3.8, 4) is 11.3 Å². The minimum absolute atomic E-state index is 0.00853. The Morgan fingerprint density at radius 2 is 1.67 bits per heavy atom. The van der Waals surface area contributed by atoms with E-state index in [0.29, 0.717) is 60.6 Å². The number of aromatic nitrogens is 3. The second-order valence-electron chi connectivity index (χ2n) is 10.3. The van der Waals surface area contributed by atoms with Crippen LogP contribution in [0.15, 0.2) is 53.1 Å². The smallest absolute Gasteiger partial charge is 0.289 e. The fraction of sp³-hybridized carbons (Fsp3) is 0.357. The van der Waals surface area contributed by atoms with Crippen LogP contribution >= 0.6 is 0 Å². The van der Waals surface area contributed by atoms with Gasteiger partial charge in [-0.25, -0.2) is 18.1 Å². The molecule has 2 saturated heterocycles. The number of pyridine rings is 1. The molecule has 5 heterocycles. The molecule has 11 heteroatoms. The third kappa shape index (κ3) is 4.71. The first-order valence-corrected chi connectivity index (χ1v) is 14.8. The number of carbonyl (C=O) groups excluding carboxylic acids is 2. The average molecular weight is 548 g/mol. The summed E-state index contributed by atoms with van der Waals surface area (Å²) < 4.78 is 31.5. The van der Waals surface area contributed by atoms with Crippen LogP contribution in [0.5, 0.6) is 0 Å². The summed E-state index contributed by atoms with van der Waals surface area (Å²) in [4.78, 5) is 35.0. The van der Waals surface area contributed by atoms with Crippen molar-refractivity contribution in [1.82, 2.24) is 24.6 Å². The first-order chi connectivity index (χ1) is 18.7. The second-order valence-corrected chi connectivity index (χ2v) is 12.5. The lowest BCUT2D eigenvalue weighted by atomic mass is 10.0. The molecule has 3 aromatic heterocycles. The van der Waals surface area contributed by atoms with Crippen LogP contribution in [0.4, 0.5) is 0 Å². The zero-order valence-electron chi connectivity index (χ0n) is 21.8. The molecule has 0 bridgehead atoms. The second kappa shape index (κ2) is 9.64. The van der Waals surface area contributed by atoms with Gasteiger partial charge in [0, 0.05) is 31.7 Å². The predicted octanol–water partition coefficient (Wildman–Crippen LogP) is 3.27. The van der Waals surface area contributed by atoms with Crippen LogP contribution < -0.4 is 0 Å². The highest BCUT2D eigenvalue weighted by Crippen LogP contribution is 2.33. The van der Waals surface area contributed by atoms with E-state index in [1.807, 2.05) is 38.1 Å². The lowest BCUT2D eigenvalue weighted by Crippen LogP contribution is -2.50. The number of rotatable bonds is 4. The maximum atomic E-state index is 14.0. The quantitative estimate of drug-likeness (QED) is 0.385. The minimum atomic E-state index is -3.14. The molecular formula is C28H29N5O5S. The van der Waals surface area contributed by atoms with Gasteiger partial charge in [0.05, 0.1) is 46.1 Å². The van der Waals surface area contributed by atoms with Crippen LogP contribution in [0, 0.1) is 13.8 Å². The van der Waals surface area contributed by atoms with Crippen molar-refractivity contribution in [1.29, 1.82) is 0 Å². The molecule has 1 aromatic carbocycles. The number of benzene rings is 1. The first-order valence-electron chi connectivity index (χ1n) is 13.0. The molecule has 2 aliphatic heterocycles. The van der Waals surface area contributed by atoms with Gasteiger partial charge < -0.3 is 14.2 Å². The predicted molar refractivity (Wildman–Crippen MR) is 145 cm³/mol. The van der Waals surface area contributed by atoms with Gasteiger partial charge in [0.2, 0.25) is 0 Å². The normalized spacial score (nSPS) is 19.1. The fourth-order valence-corrected chi connectivity index (χ4v) is 7.11. The molecule has 202 valence electrons. The molecule has 10 nitrogen and oxygen atoms in total. The van der Waals surface area contributed by atoms with Crippen LogP contribution in [0.25, 0.3) is 22.3 Å². The Morgan fingerprint density at radius 3 is 2.28 bits per heavy atom. The SMILES string of the molecule is Cc1ccc(-c2cc(C(=O)N3CCN(C(=O)c4ccco4)CC3)c3c(C)nn(C4CCS(=O)(=O)C4)c3n2)cc1. The molecule has 0 N–H and O–H groups in total. The van der Waals surface area contributed by atoms with Crippen molar-refractivity contribution in [2.24, 2.45) is 0 Å². The monoisotopic (exact) mass is 547 g/mol. The van der Waals surface area contributed by atoms with Crippen molar-refractivity contribution in [2.75, 3.05) is 37.7 Å². The Bertz CT molecular complexity index is 1670. The van der Waals surface area contributed by atoms with Crippen molar-refractivity contribution < 1.29 is 22.4 Å². The molecule has 0 saturated carbocycles. The standard InChI is InChI=1S/C28H29N5O5S/c1-18-5-7-20(8-6-18)23-16-22(25-19(2)30-33(26(25)29-23)21-9-15-39(36,37)17-21)27(34)31-10-12-32(13-11-31)28(35)24-4-3-14-38-24/h3-8,14,16,21H,9-13,15,17H2,1-2H3. The lowest BCUT2D eigenvalue weighted by Gasteiger charge is -2.34. The molecular weight excluding hydrogens is 518 g/mol. The molecule has 2 amide bonds. The number of amides is 2. The van der Waals surface area contributed by atoms with Gasteiger partial charge in [-0.15, -0.1) is 0 Å². The number of hydrogen-bond donors (Lipinski definition) is 0. The largest absolute Gasteiger partial charge is 0.459 e. The van der Waals surface area contributed by atoms with E-state index in [1.165, 1.54) is 6.26 Å². The summed E-state index contributed by atoms with van der Waals surface area (Å²) in [5.41, 5.74) is 4.21. The van der Waals surface area contributed by atoms with Crippen molar-refractivity contribution >= 4 is 32.7 Å². The summed E-state index contributed by atoms with van der Waals surface area (Å²) in [6, 6.07) is 12.7. The molecule has 0 aliphatic carbocycles. The van der Waals surface area contributed by atoms with Crippen LogP contribution in [-0.2, 0) is 9.84 Å². The number of nitrogens with zero attached hydrogens (tertiary/aromatic N) is 5. The van der Waals surface area contributed by atoms with E-state index in [-0.39, 0.29) is 35.1 Å². The molecule has 39 heavy (non-hydrogen) atoms. The third-order valence-corrected chi connectivity index (χ3v) is 9.31. The number of hydrogen-bond acceptors (Lipinski definition) is 7. The number of furan rings is 1. The Balaban J connectivity index is 1.37. The van der Waals surface area contributed by atoms with E-state index in [4.69, 9.17) is 14.5 Å². The van der Waals surface area contributed by atoms with Gasteiger partial charge in [0.25, 0.3) is 11.8 Å². The molecule has 6 rings (SSSR count). The number of piperazine rings is 1. The maximum Gasteiger partial charge on any atom is 0.289 e. The van der Waals surface area contributed by atoms with Crippen LogP contribution in [0.2, 0.25) is 0 Å². The number of sulfone groups is 1. The van der Waals surface area contributed by atoms with Gasteiger partial charge in [0.15, 0.2) is 21.2 Å². The van der Waals surface area contributed by atoms with Gasteiger partial charge in [-0.1, -0.05) is 29.8 Å². The number of fused-ring (bicyclic) bond motifs is 1. The maximum absolute atomic E-state index is 14.0. The van der Waals surface area contributed by atoms with E-state index in [9.17, 15) is 18.0 Å².